The molecule has 4 atom stereocenters. The van der Waals surface area contributed by atoms with E-state index in [0.29, 0.717) is 24.0 Å². The molecule has 0 aromatic heterocycles. The highest BCUT2D eigenvalue weighted by Gasteiger charge is 2.46. The number of fused-ring (bicyclic) bond motifs is 1. The van der Waals surface area contributed by atoms with Crippen LogP contribution in [-0.4, -0.2) is 12.2 Å². The summed E-state index contributed by atoms with van der Waals surface area (Å²) in [6.45, 7) is 7.25. The van der Waals surface area contributed by atoms with Crippen molar-refractivity contribution < 1.29 is 9.47 Å². The molecule has 2 fully saturated rings. The average molecular weight is 194 g/mol. The van der Waals surface area contributed by atoms with Crippen LogP contribution in [0.1, 0.15) is 25.7 Å². The maximum Gasteiger partial charge on any atom is 0.101 e. The van der Waals surface area contributed by atoms with Gasteiger partial charge in [-0.15, -0.1) is 0 Å². The highest BCUT2D eigenvalue weighted by Crippen LogP contribution is 2.46. The van der Waals surface area contributed by atoms with Crippen LogP contribution in [0.3, 0.4) is 0 Å². The van der Waals surface area contributed by atoms with E-state index in [4.69, 9.17) is 9.47 Å². The maximum absolute atomic E-state index is 5.53. The van der Waals surface area contributed by atoms with Crippen molar-refractivity contribution in [2.75, 3.05) is 0 Å². The van der Waals surface area contributed by atoms with Crippen LogP contribution in [0.5, 0.6) is 0 Å². The second-order valence-electron chi connectivity index (χ2n) is 4.16. The molecule has 78 valence electrons. The van der Waals surface area contributed by atoms with Gasteiger partial charge in [-0.3, -0.25) is 0 Å². The molecule has 0 N–H and O–H groups in total. The Labute approximate surface area is 85.6 Å². The van der Waals surface area contributed by atoms with Crippen molar-refractivity contribution >= 4 is 0 Å². The molecular formula is C12H18O2. The van der Waals surface area contributed by atoms with Gasteiger partial charge in [0.15, 0.2) is 0 Å². The molecule has 2 heteroatoms. The quantitative estimate of drug-likeness (QED) is 0.641. The monoisotopic (exact) mass is 194 g/mol. The molecule has 2 nitrogen and oxygen atoms in total. The summed E-state index contributed by atoms with van der Waals surface area (Å²) < 4.78 is 11.1. The Morgan fingerprint density at radius 3 is 1.57 bits per heavy atom. The van der Waals surface area contributed by atoms with Gasteiger partial charge < -0.3 is 9.47 Å². The Bertz CT molecular complexity index is 200. The van der Waals surface area contributed by atoms with Crippen LogP contribution in [0.25, 0.3) is 0 Å². The maximum atomic E-state index is 5.53. The van der Waals surface area contributed by atoms with Crippen LogP contribution in [0.15, 0.2) is 25.7 Å². The average Bonchev–Trinajstić information content (AvgIpc) is 2.72. The summed E-state index contributed by atoms with van der Waals surface area (Å²) in [7, 11) is 0. The van der Waals surface area contributed by atoms with Crippen LogP contribution in [0.4, 0.5) is 0 Å². The lowest BCUT2D eigenvalue weighted by atomic mass is 9.98. The molecule has 0 spiro atoms. The van der Waals surface area contributed by atoms with Crippen molar-refractivity contribution in [3.05, 3.63) is 25.7 Å². The van der Waals surface area contributed by atoms with Crippen molar-refractivity contribution in [2.24, 2.45) is 11.8 Å². The van der Waals surface area contributed by atoms with Gasteiger partial charge in [0.2, 0.25) is 0 Å². The normalized spacial score (nSPS) is 40.3. The van der Waals surface area contributed by atoms with Crippen molar-refractivity contribution in [3.8, 4) is 0 Å². The summed E-state index contributed by atoms with van der Waals surface area (Å²) in [5.74, 6) is 1.36. The molecule has 0 saturated heterocycles. The third-order valence-electron chi connectivity index (χ3n) is 3.62. The highest BCUT2D eigenvalue weighted by atomic mass is 16.5. The first-order valence-electron chi connectivity index (χ1n) is 5.39. The summed E-state index contributed by atoms with van der Waals surface area (Å²) in [6.07, 6.45) is 8.68. The van der Waals surface area contributed by atoms with Crippen LogP contribution < -0.4 is 0 Å². The van der Waals surface area contributed by atoms with Crippen LogP contribution in [0, 0.1) is 11.8 Å². The second-order valence-corrected chi connectivity index (χ2v) is 4.16. The third kappa shape index (κ3) is 1.54. The van der Waals surface area contributed by atoms with Crippen molar-refractivity contribution in [1.29, 1.82) is 0 Å². The molecule has 0 aromatic carbocycles. The van der Waals surface area contributed by atoms with Crippen LogP contribution >= 0.6 is 0 Å². The Morgan fingerprint density at radius 1 is 0.786 bits per heavy atom. The van der Waals surface area contributed by atoms with Crippen molar-refractivity contribution in [2.45, 2.75) is 37.9 Å². The summed E-state index contributed by atoms with van der Waals surface area (Å²) in [5, 5.41) is 0. The van der Waals surface area contributed by atoms with E-state index < -0.39 is 0 Å². The van der Waals surface area contributed by atoms with Crippen molar-refractivity contribution in [1.82, 2.24) is 0 Å². The molecular weight excluding hydrogens is 176 g/mol. The molecule has 14 heavy (non-hydrogen) atoms. The number of ether oxygens (including phenoxy) is 2. The second kappa shape index (κ2) is 4.07. The van der Waals surface area contributed by atoms with Gasteiger partial charge in [0.1, 0.15) is 12.2 Å². The Kier molecular flexibility index (Phi) is 2.80. The van der Waals surface area contributed by atoms with Gasteiger partial charge in [-0.05, 0) is 25.7 Å². The Balaban J connectivity index is 1.96. The van der Waals surface area contributed by atoms with E-state index >= 15 is 0 Å². The Morgan fingerprint density at radius 2 is 1.21 bits per heavy atom. The highest BCUT2D eigenvalue weighted by molar-refractivity contribution is 4.96. The fourth-order valence-corrected chi connectivity index (χ4v) is 3.08. The largest absolute Gasteiger partial charge is 0.498 e. The molecule has 4 unspecified atom stereocenters. The number of hydrogen-bond acceptors (Lipinski definition) is 2. The molecule has 2 saturated carbocycles. The molecule has 0 heterocycles. The topological polar surface area (TPSA) is 18.5 Å². The molecule has 2 aliphatic carbocycles. The van der Waals surface area contributed by atoms with E-state index in [1.54, 1.807) is 12.5 Å². The minimum Gasteiger partial charge on any atom is -0.498 e. The van der Waals surface area contributed by atoms with Crippen LogP contribution in [-0.2, 0) is 9.47 Å². The summed E-state index contributed by atoms with van der Waals surface area (Å²) >= 11 is 0. The fraction of sp³-hybridized carbons (Fsp3) is 0.667. The Hall–Kier alpha value is -0.920. The van der Waals surface area contributed by atoms with Gasteiger partial charge in [0.25, 0.3) is 0 Å². The standard InChI is InChI=1S/C12H18O2/c1-3-13-11-7-5-10-9(11)6-8-12(10)14-4-2/h3-4,9-12H,1-2,5-8H2. The van der Waals surface area contributed by atoms with Gasteiger partial charge in [-0.1, -0.05) is 13.2 Å². The molecule has 0 radical (unpaired) electrons. The van der Waals surface area contributed by atoms with Gasteiger partial charge in [-0.25, -0.2) is 0 Å². The predicted octanol–water partition coefficient (Wildman–Crippen LogP) is 2.86. The fourth-order valence-electron chi connectivity index (χ4n) is 3.08. The first kappa shape index (κ1) is 9.63. The zero-order valence-electron chi connectivity index (χ0n) is 8.52. The molecule has 0 aliphatic heterocycles. The summed E-state index contributed by atoms with van der Waals surface area (Å²) in [5.41, 5.74) is 0. The molecule has 2 rings (SSSR count). The third-order valence-corrected chi connectivity index (χ3v) is 3.62. The minimum absolute atomic E-state index is 0.385. The first-order chi connectivity index (χ1) is 6.86. The van der Waals surface area contributed by atoms with Gasteiger partial charge in [-0.2, -0.15) is 0 Å². The van der Waals surface area contributed by atoms with E-state index in [-0.39, 0.29) is 0 Å². The van der Waals surface area contributed by atoms with E-state index in [9.17, 15) is 0 Å². The van der Waals surface area contributed by atoms with Crippen molar-refractivity contribution in [3.63, 3.8) is 0 Å². The lowest BCUT2D eigenvalue weighted by molar-refractivity contribution is 0.0781. The lowest BCUT2D eigenvalue weighted by Gasteiger charge is -2.19. The molecule has 0 amide bonds. The molecule has 2 aliphatic rings. The smallest absolute Gasteiger partial charge is 0.101 e. The summed E-state index contributed by atoms with van der Waals surface area (Å²) in [4.78, 5) is 0. The van der Waals surface area contributed by atoms with E-state index in [1.165, 1.54) is 12.8 Å². The lowest BCUT2D eigenvalue weighted by Crippen LogP contribution is -2.21. The van der Waals surface area contributed by atoms with E-state index in [2.05, 4.69) is 13.2 Å². The van der Waals surface area contributed by atoms with E-state index in [1.807, 2.05) is 0 Å². The van der Waals surface area contributed by atoms with Gasteiger partial charge in [0.05, 0.1) is 12.5 Å². The number of hydrogen-bond donors (Lipinski definition) is 0. The number of rotatable bonds is 4. The predicted molar refractivity (Wildman–Crippen MR) is 55.6 cm³/mol. The van der Waals surface area contributed by atoms with E-state index in [0.717, 1.165) is 12.8 Å². The van der Waals surface area contributed by atoms with Crippen LogP contribution in [0.2, 0.25) is 0 Å². The van der Waals surface area contributed by atoms with Gasteiger partial charge >= 0.3 is 0 Å². The zero-order chi connectivity index (χ0) is 9.97. The zero-order valence-corrected chi connectivity index (χ0v) is 8.52. The molecule has 0 bridgehead atoms. The van der Waals surface area contributed by atoms with Gasteiger partial charge in [0, 0.05) is 11.8 Å². The first-order valence-corrected chi connectivity index (χ1v) is 5.39. The summed E-state index contributed by atoms with van der Waals surface area (Å²) in [6, 6.07) is 0. The molecule has 0 aromatic rings. The minimum atomic E-state index is 0.385. The SMILES string of the molecule is C=COC1CCC2C(OC=C)CCC12.